The number of hydrogen-bond acceptors (Lipinski definition) is 2. The number of hydrogen-bond donors (Lipinski definition) is 0. The molecular weight excluding hydrogens is 258 g/mol. The summed E-state index contributed by atoms with van der Waals surface area (Å²) in [6, 6.07) is 11.4. The maximum absolute atomic E-state index is 4.66. The van der Waals surface area contributed by atoms with Crippen LogP contribution in [0.2, 0.25) is 0 Å². The van der Waals surface area contributed by atoms with Gasteiger partial charge in [0.2, 0.25) is 0 Å². The molecular formula is C18H23N3. The predicted octanol–water partition coefficient (Wildman–Crippen LogP) is 4.03. The Bertz CT molecular complexity index is 652. The first kappa shape index (κ1) is 13.9. The van der Waals surface area contributed by atoms with Crippen LogP contribution in [0.25, 0.3) is 0 Å². The lowest BCUT2D eigenvalue weighted by Gasteiger charge is -2.31. The smallest absolute Gasteiger partial charge is 0.142 e. The molecule has 3 heteroatoms. The quantitative estimate of drug-likeness (QED) is 0.792. The molecule has 0 bridgehead atoms. The Kier molecular flexibility index (Phi) is 3.58. The van der Waals surface area contributed by atoms with Crippen LogP contribution in [0.4, 0.5) is 5.69 Å². The van der Waals surface area contributed by atoms with Gasteiger partial charge in [-0.1, -0.05) is 25.1 Å². The molecule has 1 aromatic carbocycles. The Hall–Kier alpha value is -2.03. The second-order valence-corrected chi connectivity index (χ2v) is 5.84. The minimum Gasteiger partial charge on any atom is -0.340 e. The molecule has 0 N–H and O–H groups in total. The van der Waals surface area contributed by atoms with Crippen LogP contribution in [0.1, 0.15) is 37.0 Å². The molecule has 0 spiro atoms. The summed E-state index contributed by atoms with van der Waals surface area (Å²) in [5, 5.41) is 4.66. The average molecular weight is 281 g/mol. The Labute approximate surface area is 126 Å². The van der Waals surface area contributed by atoms with Crippen molar-refractivity contribution in [2.75, 3.05) is 4.90 Å². The molecule has 2 atom stereocenters. The highest BCUT2D eigenvalue weighted by molar-refractivity contribution is 5.52. The van der Waals surface area contributed by atoms with Crippen molar-refractivity contribution in [3.8, 4) is 0 Å². The fourth-order valence-corrected chi connectivity index (χ4v) is 3.09. The summed E-state index contributed by atoms with van der Waals surface area (Å²) in [6.45, 7) is 8.59. The summed E-state index contributed by atoms with van der Waals surface area (Å²) in [7, 11) is 0. The van der Waals surface area contributed by atoms with Crippen molar-refractivity contribution in [2.45, 2.75) is 46.3 Å². The molecule has 0 saturated heterocycles. The molecule has 3 rings (SSSR count). The van der Waals surface area contributed by atoms with Crippen molar-refractivity contribution in [1.29, 1.82) is 0 Å². The lowest BCUT2D eigenvalue weighted by atomic mass is 10.1. The number of nitrogens with zero attached hydrogens (tertiary/aromatic N) is 3. The van der Waals surface area contributed by atoms with Gasteiger partial charge in [-0.05, 0) is 57.0 Å². The van der Waals surface area contributed by atoms with Gasteiger partial charge >= 0.3 is 0 Å². The number of rotatable bonds is 3. The lowest BCUT2D eigenvalue weighted by molar-refractivity contribution is 0.499. The van der Waals surface area contributed by atoms with Crippen LogP contribution in [0.5, 0.6) is 0 Å². The summed E-state index contributed by atoms with van der Waals surface area (Å²) >= 11 is 0. The molecule has 1 aliphatic rings. The lowest BCUT2D eigenvalue weighted by Crippen LogP contribution is -2.34. The zero-order valence-corrected chi connectivity index (χ0v) is 13.2. The van der Waals surface area contributed by atoms with Gasteiger partial charge in [-0.2, -0.15) is 5.10 Å². The number of aromatic nitrogens is 2. The molecule has 110 valence electrons. The molecule has 2 unspecified atom stereocenters. The molecule has 0 saturated carbocycles. The normalized spacial score (nSPS) is 21.2. The van der Waals surface area contributed by atoms with Crippen LogP contribution in [0, 0.1) is 13.8 Å². The van der Waals surface area contributed by atoms with Gasteiger partial charge < -0.3 is 4.90 Å². The Morgan fingerprint density at radius 1 is 1.10 bits per heavy atom. The fourth-order valence-electron chi connectivity index (χ4n) is 3.09. The van der Waals surface area contributed by atoms with E-state index in [9.17, 15) is 0 Å². The zero-order chi connectivity index (χ0) is 15.0. The SMILES string of the molecule is CCc1ccc(N2C(C)C=CC2n2nc(C)cc2C)cc1. The first-order valence-corrected chi connectivity index (χ1v) is 7.68. The topological polar surface area (TPSA) is 21.1 Å². The molecule has 1 aliphatic heterocycles. The van der Waals surface area contributed by atoms with E-state index in [1.165, 1.54) is 16.9 Å². The molecule has 1 aromatic heterocycles. The van der Waals surface area contributed by atoms with Crippen LogP contribution < -0.4 is 4.90 Å². The van der Waals surface area contributed by atoms with Gasteiger partial charge in [-0.3, -0.25) is 0 Å². The van der Waals surface area contributed by atoms with E-state index >= 15 is 0 Å². The van der Waals surface area contributed by atoms with Gasteiger partial charge in [0, 0.05) is 17.4 Å². The van der Waals surface area contributed by atoms with Crippen molar-refractivity contribution >= 4 is 5.69 Å². The average Bonchev–Trinajstić information content (AvgIpc) is 3.01. The maximum atomic E-state index is 4.66. The maximum Gasteiger partial charge on any atom is 0.142 e. The van der Waals surface area contributed by atoms with Gasteiger partial charge in [0.25, 0.3) is 0 Å². The van der Waals surface area contributed by atoms with Gasteiger partial charge in [-0.25, -0.2) is 4.68 Å². The molecule has 3 nitrogen and oxygen atoms in total. The van der Waals surface area contributed by atoms with E-state index in [0.717, 1.165) is 12.1 Å². The van der Waals surface area contributed by atoms with E-state index in [0.29, 0.717) is 6.04 Å². The molecule has 2 heterocycles. The molecule has 0 aliphatic carbocycles. The van der Waals surface area contributed by atoms with E-state index in [4.69, 9.17) is 0 Å². The molecule has 0 amide bonds. The van der Waals surface area contributed by atoms with Crippen LogP contribution in [0.15, 0.2) is 42.5 Å². The number of anilines is 1. The van der Waals surface area contributed by atoms with E-state index < -0.39 is 0 Å². The van der Waals surface area contributed by atoms with Crippen LogP contribution in [-0.4, -0.2) is 15.8 Å². The minimum absolute atomic E-state index is 0.168. The van der Waals surface area contributed by atoms with Crippen LogP contribution in [0.3, 0.4) is 0 Å². The van der Waals surface area contributed by atoms with Crippen molar-refractivity contribution in [1.82, 2.24) is 9.78 Å². The second kappa shape index (κ2) is 5.40. The van der Waals surface area contributed by atoms with Crippen molar-refractivity contribution < 1.29 is 0 Å². The third-order valence-corrected chi connectivity index (χ3v) is 4.22. The second-order valence-electron chi connectivity index (χ2n) is 5.84. The highest BCUT2D eigenvalue weighted by Gasteiger charge is 2.28. The summed E-state index contributed by atoms with van der Waals surface area (Å²) in [4.78, 5) is 2.42. The largest absolute Gasteiger partial charge is 0.340 e. The van der Waals surface area contributed by atoms with Gasteiger partial charge in [-0.15, -0.1) is 0 Å². The van der Waals surface area contributed by atoms with E-state index in [-0.39, 0.29) is 6.17 Å². The third-order valence-electron chi connectivity index (χ3n) is 4.22. The first-order valence-electron chi connectivity index (χ1n) is 7.68. The predicted molar refractivity (Wildman–Crippen MR) is 87.6 cm³/mol. The monoisotopic (exact) mass is 281 g/mol. The highest BCUT2D eigenvalue weighted by Crippen LogP contribution is 2.32. The third kappa shape index (κ3) is 2.48. The Balaban J connectivity index is 1.96. The number of benzene rings is 1. The minimum atomic E-state index is 0.168. The van der Waals surface area contributed by atoms with Gasteiger partial charge in [0.05, 0.1) is 5.69 Å². The molecule has 21 heavy (non-hydrogen) atoms. The highest BCUT2D eigenvalue weighted by atomic mass is 15.4. The molecule has 0 radical (unpaired) electrons. The fraction of sp³-hybridized carbons (Fsp3) is 0.389. The first-order chi connectivity index (χ1) is 10.1. The summed E-state index contributed by atoms with van der Waals surface area (Å²) < 4.78 is 2.11. The van der Waals surface area contributed by atoms with Crippen LogP contribution >= 0.6 is 0 Å². The molecule has 2 aromatic rings. The number of aryl methyl sites for hydroxylation is 3. The Morgan fingerprint density at radius 2 is 1.81 bits per heavy atom. The van der Waals surface area contributed by atoms with Crippen molar-refractivity contribution in [3.63, 3.8) is 0 Å². The van der Waals surface area contributed by atoms with Crippen molar-refractivity contribution in [2.24, 2.45) is 0 Å². The van der Waals surface area contributed by atoms with Gasteiger partial charge in [0.15, 0.2) is 0 Å². The zero-order valence-electron chi connectivity index (χ0n) is 13.2. The van der Waals surface area contributed by atoms with Gasteiger partial charge in [0.1, 0.15) is 6.17 Å². The van der Waals surface area contributed by atoms with E-state index in [1.807, 2.05) is 6.92 Å². The van der Waals surface area contributed by atoms with E-state index in [2.05, 4.69) is 77.9 Å². The summed E-state index contributed by atoms with van der Waals surface area (Å²) in [6.07, 6.45) is 5.75. The molecule has 0 fully saturated rings. The van der Waals surface area contributed by atoms with E-state index in [1.54, 1.807) is 0 Å². The van der Waals surface area contributed by atoms with Crippen molar-refractivity contribution in [3.05, 3.63) is 59.4 Å². The summed E-state index contributed by atoms with van der Waals surface area (Å²) in [5.74, 6) is 0. The Morgan fingerprint density at radius 3 is 2.38 bits per heavy atom. The standard InChI is InChI=1S/C18H23N3/c1-5-16-7-9-17(10-8-16)20-14(3)6-11-18(20)21-15(4)12-13(2)19-21/h6-12,14,18H,5H2,1-4H3. The van der Waals surface area contributed by atoms with Crippen LogP contribution in [-0.2, 0) is 6.42 Å². The summed E-state index contributed by atoms with van der Waals surface area (Å²) in [5.41, 5.74) is 4.90.